The Morgan fingerprint density at radius 1 is 1.33 bits per heavy atom. The maximum absolute atomic E-state index is 5.90. The zero-order chi connectivity index (χ0) is 7.07. The van der Waals surface area contributed by atoms with Crippen molar-refractivity contribution in [2.24, 2.45) is 17.1 Å². The van der Waals surface area contributed by atoms with Gasteiger partial charge in [0.2, 0.25) is 0 Å². The van der Waals surface area contributed by atoms with Gasteiger partial charge in [0.15, 0.2) is 0 Å². The molecule has 0 aromatic heterocycles. The summed E-state index contributed by atoms with van der Waals surface area (Å²) in [5, 5.41) is 0. The Hall–Kier alpha value is -0.0400. The van der Waals surface area contributed by atoms with Gasteiger partial charge in [0, 0.05) is 6.04 Å². The number of nitrogens with two attached hydrogens (primary N) is 1. The van der Waals surface area contributed by atoms with Gasteiger partial charge in [-0.05, 0) is 24.2 Å². The molecule has 0 radical (unpaired) electrons. The number of hydrogen-bond acceptors (Lipinski definition) is 1. The minimum absolute atomic E-state index is 0.389. The Balaban J connectivity index is 2.66. The van der Waals surface area contributed by atoms with Crippen molar-refractivity contribution < 1.29 is 0 Å². The van der Waals surface area contributed by atoms with Crippen LogP contribution in [0.4, 0.5) is 0 Å². The summed E-state index contributed by atoms with van der Waals surface area (Å²) in [5.74, 6) is 0.812. The van der Waals surface area contributed by atoms with E-state index in [1.807, 2.05) is 0 Å². The molecule has 54 valence electrons. The van der Waals surface area contributed by atoms with E-state index in [2.05, 4.69) is 20.8 Å². The van der Waals surface area contributed by atoms with E-state index in [1.165, 1.54) is 12.8 Å². The smallest absolute Gasteiger partial charge is 0.00929 e. The van der Waals surface area contributed by atoms with E-state index in [1.54, 1.807) is 0 Å². The highest BCUT2D eigenvalue weighted by molar-refractivity contribution is 4.92. The molecule has 0 aromatic rings. The molecule has 0 bridgehead atoms. The first kappa shape index (κ1) is 7.07. The summed E-state index contributed by atoms with van der Waals surface area (Å²) in [6.07, 6.45) is 2.53. The molecule has 1 aliphatic rings. The maximum atomic E-state index is 5.90. The van der Waals surface area contributed by atoms with Crippen LogP contribution >= 0.6 is 0 Å². The monoisotopic (exact) mass is 127 g/mol. The van der Waals surface area contributed by atoms with E-state index in [9.17, 15) is 0 Å². The van der Waals surface area contributed by atoms with Crippen molar-refractivity contribution in [3.05, 3.63) is 0 Å². The molecule has 1 aliphatic carbocycles. The highest BCUT2D eigenvalue weighted by Crippen LogP contribution is 2.40. The summed E-state index contributed by atoms with van der Waals surface area (Å²) in [6.45, 7) is 6.84. The van der Waals surface area contributed by atoms with Crippen LogP contribution in [0.3, 0.4) is 0 Å². The summed E-state index contributed by atoms with van der Waals surface area (Å²) in [6, 6.07) is 0.437. The van der Waals surface area contributed by atoms with E-state index < -0.39 is 0 Å². The lowest BCUT2D eigenvalue weighted by molar-refractivity contribution is 0.250. The zero-order valence-corrected chi connectivity index (χ0v) is 6.65. The third-order valence-electron chi connectivity index (χ3n) is 3.14. The van der Waals surface area contributed by atoms with Gasteiger partial charge >= 0.3 is 0 Å². The molecule has 9 heavy (non-hydrogen) atoms. The van der Waals surface area contributed by atoms with Gasteiger partial charge in [0.25, 0.3) is 0 Å². The Morgan fingerprint density at radius 2 is 1.89 bits per heavy atom. The average molecular weight is 127 g/mol. The van der Waals surface area contributed by atoms with Gasteiger partial charge in [-0.3, -0.25) is 0 Å². The van der Waals surface area contributed by atoms with Crippen LogP contribution in [0.5, 0.6) is 0 Å². The molecular formula is C8H17N. The second-order valence-electron chi connectivity index (χ2n) is 3.91. The van der Waals surface area contributed by atoms with Gasteiger partial charge < -0.3 is 5.73 Å². The van der Waals surface area contributed by atoms with Crippen LogP contribution in [0.15, 0.2) is 0 Å². The number of rotatable bonds is 0. The van der Waals surface area contributed by atoms with Gasteiger partial charge in [-0.15, -0.1) is 0 Å². The first-order valence-corrected chi connectivity index (χ1v) is 3.80. The van der Waals surface area contributed by atoms with E-state index in [0.29, 0.717) is 11.5 Å². The van der Waals surface area contributed by atoms with Gasteiger partial charge in [-0.2, -0.15) is 0 Å². The molecule has 2 N–H and O–H groups in total. The molecule has 1 fully saturated rings. The fraction of sp³-hybridized carbons (Fsp3) is 1.00. The van der Waals surface area contributed by atoms with E-state index in [0.717, 1.165) is 5.92 Å². The quantitative estimate of drug-likeness (QED) is 0.527. The third-order valence-corrected chi connectivity index (χ3v) is 3.14. The predicted octanol–water partition coefficient (Wildman–Crippen LogP) is 1.77. The zero-order valence-electron chi connectivity index (χ0n) is 6.65. The third kappa shape index (κ3) is 0.983. The Morgan fingerprint density at radius 3 is 2.00 bits per heavy atom. The normalized spacial score (nSPS) is 41.3. The number of hydrogen-bond donors (Lipinski definition) is 1. The van der Waals surface area contributed by atoms with Crippen molar-refractivity contribution in [2.75, 3.05) is 0 Å². The van der Waals surface area contributed by atoms with Crippen LogP contribution in [0.2, 0.25) is 0 Å². The van der Waals surface area contributed by atoms with Crippen LogP contribution in [0, 0.1) is 11.3 Å². The molecule has 0 saturated heterocycles. The van der Waals surface area contributed by atoms with Crippen LogP contribution in [0.1, 0.15) is 33.6 Å². The van der Waals surface area contributed by atoms with Crippen LogP contribution in [-0.2, 0) is 0 Å². The lowest BCUT2D eigenvalue weighted by Crippen LogP contribution is -2.34. The highest BCUT2D eigenvalue weighted by Gasteiger charge is 2.37. The molecule has 1 heteroatoms. The Kier molecular flexibility index (Phi) is 1.55. The van der Waals surface area contributed by atoms with E-state index in [-0.39, 0.29) is 0 Å². The first-order chi connectivity index (χ1) is 4.05. The second kappa shape index (κ2) is 1.98. The Labute approximate surface area is 57.6 Å². The molecule has 0 aromatic carbocycles. The van der Waals surface area contributed by atoms with Crippen molar-refractivity contribution in [1.82, 2.24) is 0 Å². The molecule has 0 amide bonds. The summed E-state index contributed by atoms with van der Waals surface area (Å²) in [7, 11) is 0. The minimum Gasteiger partial charge on any atom is -0.327 e. The predicted molar refractivity (Wildman–Crippen MR) is 40.2 cm³/mol. The van der Waals surface area contributed by atoms with Crippen LogP contribution in [0.25, 0.3) is 0 Å². The van der Waals surface area contributed by atoms with E-state index >= 15 is 0 Å². The molecule has 1 nitrogen and oxygen atoms in total. The lowest BCUT2D eigenvalue weighted by atomic mass is 9.81. The average Bonchev–Trinajstić information content (AvgIpc) is 1.96. The molecule has 0 aliphatic heterocycles. The van der Waals surface area contributed by atoms with Gasteiger partial charge in [-0.25, -0.2) is 0 Å². The highest BCUT2D eigenvalue weighted by atomic mass is 14.7. The molecule has 1 saturated carbocycles. The van der Waals surface area contributed by atoms with Crippen molar-refractivity contribution in [2.45, 2.75) is 39.7 Å². The van der Waals surface area contributed by atoms with Gasteiger partial charge in [0.1, 0.15) is 0 Å². The summed E-state index contributed by atoms with van der Waals surface area (Å²) < 4.78 is 0. The molecular weight excluding hydrogens is 110 g/mol. The van der Waals surface area contributed by atoms with Crippen molar-refractivity contribution in [3.8, 4) is 0 Å². The molecule has 1 rings (SSSR count). The standard InChI is InChI=1S/C8H17N/c1-6-4-5-7(9)8(6,2)3/h6-7H,4-5,9H2,1-3H3/t6-,7+/m0/s1. The summed E-state index contributed by atoms with van der Waals surface area (Å²) in [4.78, 5) is 0. The Bertz CT molecular complexity index is 95.1. The molecule has 0 unspecified atom stereocenters. The van der Waals surface area contributed by atoms with Crippen molar-refractivity contribution >= 4 is 0 Å². The fourth-order valence-corrected chi connectivity index (χ4v) is 1.54. The largest absolute Gasteiger partial charge is 0.327 e. The maximum Gasteiger partial charge on any atom is 0.00929 e. The minimum atomic E-state index is 0.389. The molecule has 2 atom stereocenters. The van der Waals surface area contributed by atoms with E-state index in [4.69, 9.17) is 5.73 Å². The topological polar surface area (TPSA) is 26.0 Å². The second-order valence-corrected chi connectivity index (χ2v) is 3.91. The van der Waals surface area contributed by atoms with Gasteiger partial charge in [-0.1, -0.05) is 20.8 Å². The van der Waals surface area contributed by atoms with Crippen molar-refractivity contribution in [1.29, 1.82) is 0 Å². The first-order valence-electron chi connectivity index (χ1n) is 3.80. The molecule has 0 heterocycles. The summed E-state index contributed by atoms with van der Waals surface area (Å²) >= 11 is 0. The van der Waals surface area contributed by atoms with Crippen LogP contribution in [-0.4, -0.2) is 6.04 Å². The lowest BCUT2D eigenvalue weighted by Gasteiger charge is -2.28. The SMILES string of the molecule is C[C@H]1CC[C@@H](N)C1(C)C. The van der Waals surface area contributed by atoms with Gasteiger partial charge in [0.05, 0.1) is 0 Å². The fourth-order valence-electron chi connectivity index (χ4n) is 1.54. The summed E-state index contributed by atoms with van der Waals surface area (Å²) in [5.41, 5.74) is 6.29. The molecule has 0 spiro atoms. The van der Waals surface area contributed by atoms with Crippen molar-refractivity contribution in [3.63, 3.8) is 0 Å². The van der Waals surface area contributed by atoms with Crippen LogP contribution < -0.4 is 5.73 Å².